The van der Waals surface area contributed by atoms with Crippen LogP contribution in [0.3, 0.4) is 0 Å². The number of rotatable bonds is 12. The van der Waals surface area contributed by atoms with Crippen molar-refractivity contribution in [3.8, 4) is 134 Å². The van der Waals surface area contributed by atoms with Gasteiger partial charge in [0, 0.05) is 16.7 Å². The SMILES string of the molecule is c1ccc(-c2ccc(-c3ccc(-c4ccc(-c5nc(-c6ccc(-c7ccc(-c8ccc(-c9ccccc9)cc8)cc7)cc6)nc(-c6ccc(-c7ccc(-c8ccc(-c9ccccc9)cc8)cc7)cc6)n5)cc4)cc3)cc2)cc1. The second kappa shape index (κ2) is 21.5. The van der Waals surface area contributed by atoms with E-state index >= 15 is 0 Å². The standard InChI is InChI=1S/C75H51N3/c1-4-10-52(11-5-1)55-16-22-58(23-17-55)61-28-34-64(35-29-61)67-40-46-70(47-41-67)73-76-74(71-48-42-68(43-49-71)65-36-30-62(31-37-65)59-24-18-56(19-25-59)53-12-6-2-7-13-53)78-75(77-73)72-50-44-69(45-51-72)66-38-32-63(33-39-66)60-26-20-57(21-27-60)54-14-8-3-9-15-54/h1-51H. The van der Waals surface area contributed by atoms with Gasteiger partial charge < -0.3 is 0 Å². The van der Waals surface area contributed by atoms with Crippen LogP contribution in [0.5, 0.6) is 0 Å². The quantitative estimate of drug-likeness (QED) is 0.122. The van der Waals surface area contributed by atoms with Gasteiger partial charge in [0.1, 0.15) is 0 Å². The zero-order valence-electron chi connectivity index (χ0n) is 42.8. The topological polar surface area (TPSA) is 38.7 Å². The van der Waals surface area contributed by atoms with Gasteiger partial charge in [-0.2, -0.15) is 0 Å². The second-order valence-electron chi connectivity index (χ2n) is 19.6. The van der Waals surface area contributed by atoms with Gasteiger partial charge in [0.2, 0.25) is 0 Å². The molecular weight excluding hydrogens is 943 g/mol. The van der Waals surface area contributed by atoms with Crippen LogP contribution >= 0.6 is 0 Å². The highest BCUT2D eigenvalue weighted by Gasteiger charge is 2.15. The van der Waals surface area contributed by atoms with Crippen LogP contribution in [-0.2, 0) is 0 Å². The van der Waals surface area contributed by atoms with Crippen molar-refractivity contribution >= 4 is 0 Å². The zero-order valence-corrected chi connectivity index (χ0v) is 42.8. The molecule has 0 aliphatic heterocycles. The molecule has 13 rings (SSSR count). The second-order valence-corrected chi connectivity index (χ2v) is 19.6. The number of benzene rings is 12. The number of hydrogen-bond donors (Lipinski definition) is 0. The molecule has 0 radical (unpaired) electrons. The van der Waals surface area contributed by atoms with Crippen molar-refractivity contribution in [2.75, 3.05) is 0 Å². The Kier molecular flexibility index (Phi) is 13.0. The third kappa shape index (κ3) is 10.2. The van der Waals surface area contributed by atoms with Crippen molar-refractivity contribution < 1.29 is 0 Å². The molecule has 12 aromatic carbocycles. The highest BCUT2D eigenvalue weighted by Crippen LogP contribution is 2.34. The first kappa shape index (κ1) is 47.4. The predicted molar refractivity (Wildman–Crippen MR) is 325 cm³/mol. The monoisotopic (exact) mass is 993 g/mol. The van der Waals surface area contributed by atoms with Gasteiger partial charge in [-0.05, 0) is 100 Å². The zero-order chi connectivity index (χ0) is 52.0. The summed E-state index contributed by atoms with van der Waals surface area (Å²) in [5.74, 6) is 1.84. The molecule has 0 amide bonds. The van der Waals surface area contributed by atoms with E-state index in [4.69, 9.17) is 15.0 Å². The Morgan fingerprint density at radius 1 is 0.103 bits per heavy atom. The Labute approximate surface area is 456 Å². The van der Waals surface area contributed by atoms with Gasteiger partial charge in [-0.1, -0.05) is 309 Å². The van der Waals surface area contributed by atoms with Crippen LogP contribution in [-0.4, -0.2) is 15.0 Å². The average Bonchev–Trinajstić information content (AvgIpc) is 3.55. The van der Waals surface area contributed by atoms with E-state index in [1.807, 2.05) is 0 Å². The van der Waals surface area contributed by atoms with Crippen LogP contribution in [0.15, 0.2) is 309 Å². The van der Waals surface area contributed by atoms with Gasteiger partial charge >= 0.3 is 0 Å². The van der Waals surface area contributed by atoms with Gasteiger partial charge in [-0.3, -0.25) is 0 Å². The maximum absolute atomic E-state index is 5.14. The molecule has 0 aliphatic carbocycles. The van der Waals surface area contributed by atoms with Crippen LogP contribution in [0.1, 0.15) is 0 Å². The first-order chi connectivity index (χ1) is 38.6. The predicted octanol–water partition coefficient (Wildman–Crippen LogP) is 19.9. The van der Waals surface area contributed by atoms with E-state index in [1.165, 1.54) is 66.8 Å². The largest absolute Gasteiger partial charge is 0.208 e. The van der Waals surface area contributed by atoms with Crippen LogP contribution in [0.4, 0.5) is 0 Å². The lowest BCUT2D eigenvalue weighted by Crippen LogP contribution is -2.00. The minimum absolute atomic E-state index is 0.615. The minimum Gasteiger partial charge on any atom is -0.208 e. The summed E-state index contributed by atoms with van der Waals surface area (Å²) in [6.45, 7) is 0. The van der Waals surface area contributed by atoms with Crippen molar-refractivity contribution in [3.63, 3.8) is 0 Å². The van der Waals surface area contributed by atoms with E-state index in [9.17, 15) is 0 Å². The molecule has 0 N–H and O–H groups in total. The lowest BCUT2D eigenvalue weighted by molar-refractivity contribution is 1.07. The van der Waals surface area contributed by atoms with Crippen LogP contribution in [0.2, 0.25) is 0 Å². The molecular formula is C75H51N3. The van der Waals surface area contributed by atoms with Gasteiger partial charge in [0.05, 0.1) is 0 Å². The Hall–Kier alpha value is -10.4. The molecule has 1 heterocycles. The van der Waals surface area contributed by atoms with E-state index in [1.54, 1.807) is 0 Å². The molecule has 13 aromatic rings. The molecule has 0 atom stereocenters. The molecule has 0 fully saturated rings. The molecule has 0 saturated heterocycles. The number of hydrogen-bond acceptors (Lipinski definition) is 3. The molecule has 3 nitrogen and oxygen atoms in total. The number of aromatic nitrogens is 3. The number of nitrogens with zero attached hydrogens (tertiary/aromatic N) is 3. The normalized spacial score (nSPS) is 11.1. The Bertz CT molecular complexity index is 3650. The maximum Gasteiger partial charge on any atom is 0.164 e. The summed E-state index contributed by atoms with van der Waals surface area (Å²) in [7, 11) is 0. The summed E-state index contributed by atoms with van der Waals surface area (Å²) in [6, 6.07) is 110. The molecule has 1 aromatic heterocycles. The fraction of sp³-hybridized carbons (Fsp3) is 0. The summed E-state index contributed by atoms with van der Waals surface area (Å²) < 4.78 is 0. The van der Waals surface area contributed by atoms with Gasteiger partial charge in [-0.25, -0.2) is 15.0 Å². The highest BCUT2D eigenvalue weighted by atomic mass is 15.0. The minimum atomic E-state index is 0.615. The fourth-order valence-electron chi connectivity index (χ4n) is 10.2. The Morgan fingerprint density at radius 3 is 0.333 bits per heavy atom. The van der Waals surface area contributed by atoms with Crippen molar-refractivity contribution in [3.05, 3.63) is 309 Å². The summed E-state index contributed by atoms with van der Waals surface area (Å²) in [4.78, 5) is 15.4. The third-order valence-corrected chi connectivity index (χ3v) is 14.7. The van der Waals surface area contributed by atoms with Crippen LogP contribution < -0.4 is 0 Å². The Morgan fingerprint density at radius 2 is 0.205 bits per heavy atom. The molecule has 3 heteroatoms. The summed E-state index contributed by atoms with van der Waals surface area (Å²) in [5.41, 5.74) is 23.9. The summed E-state index contributed by atoms with van der Waals surface area (Å²) >= 11 is 0. The maximum atomic E-state index is 5.14. The van der Waals surface area contributed by atoms with E-state index in [-0.39, 0.29) is 0 Å². The smallest absolute Gasteiger partial charge is 0.164 e. The highest BCUT2D eigenvalue weighted by molar-refractivity contribution is 5.79. The summed E-state index contributed by atoms with van der Waals surface area (Å²) in [5, 5.41) is 0. The molecule has 0 spiro atoms. The van der Waals surface area contributed by atoms with E-state index in [2.05, 4.69) is 309 Å². The van der Waals surface area contributed by atoms with Crippen molar-refractivity contribution in [2.45, 2.75) is 0 Å². The lowest BCUT2D eigenvalue weighted by atomic mass is 9.97. The lowest BCUT2D eigenvalue weighted by Gasteiger charge is -2.11. The van der Waals surface area contributed by atoms with Gasteiger partial charge in [0.25, 0.3) is 0 Å². The fourth-order valence-corrected chi connectivity index (χ4v) is 10.2. The van der Waals surface area contributed by atoms with Crippen molar-refractivity contribution in [1.29, 1.82) is 0 Å². The molecule has 0 saturated carbocycles. The van der Waals surface area contributed by atoms with Crippen molar-refractivity contribution in [2.24, 2.45) is 0 Å². The first-order valence-electron chi connectivity index (χ1n) is 26.5. The van der Waals surface area contributed by atoms with E-state index < -0.39 is 0 Å². The Balaban J connectivity index is 0.765. The molecule has 366 valence electrons. The molecule has 0 aliphatic rings. The first-order valence-corrected chi connectivity index (χ1v) is 26.5. The van der Waals surface area contributed by atoms with Crippen LogP contribution in [0.25, 0.3) is 134 Å². The molecule has 0 unspecified atom stereocenters. The molecule has 78 heavy (non-hydrogen) atoms. The summed E-state index contributed by atoms with van der Waals surface area (Å²) in [6.07, 6.45) is 0. The van der Waals surface area contributed by atoms with E-state index in [0.717, 1.165) is 50.1 Å². The third-order valence-electron chi connectivity index (χ3n) is 14.7. The van der Waals surface area contributed by atoms with Crippen LogP contribution in [0, 0.1) is 0 Å². The van der Waals surface area contributed by atoms with Gasteiger partial charge in [-0.15, -0.1) is 0 Å². The van der Waals surface area contributed by atoms with Gasteiger partial charge in [0.15, 0.2) is 17.5 Å². The van der Waals surface area contributed by atoms with Crippen molar-refractivity contribution in [1.82, 2.24) is 15.0 Å². The molecule has 0 bridgehead atoms. The average molecular weight is 994 g/mol. The van der Waals surface area contributed by atoms with E-state index in [0.29, 0.717) is 17.5 Å².